The third-order valence-electron chi connectivity index (χ3n) is 2.35. The molecule has 1 aromatic carbocycles. The number of aryl methyl sites for hydroxylation is 1. The van der Waals surface area contributed by atoms with E-state index < -0.39 is 0 Å². The lowest BCUT2D eigenvalue weighted by Crippen LogP contribution is -2.19. The molecule has 0 radical (unpaired) electrons. The molecule has 1 N–H and O–H groups in total. The van der Waals surface area contributed by atoms with E-state index in [-0.39, 0.29) is 5.91 Å². The molecule has 1 aromatic heterocycles. The van der Waals surface area contributed by atoms with E-state index in [1.165, 1.54) is 6.21 Å². The molecule has 0 aliphatic rings. The molecule has 92 valence electrons. The first-order valence-corrected chi connectivity index (χ1v) is 5.66. The largest absolute Gasteiger partial charge is 0.460 e. The van der Waals surface area contributed by atoms with Crippen molar-refractivity contribution in [3.63, 3.8) is 0 Å². The van der Waals surface area contributed by atoms with Crippen LogP contribution in [0.15, 0.2) is 52.0 Å². The summed E-state index contributed by atoms with van der Waals surface area (Å²) in [5, 5.41) is 3.83. The molecule has 0 spiro atoms. The van der Waals surface area contributed by atoms with E-state index >= 15 is 0 Å². The molecule has 1 amide bonds. The van der Waals surface area contributed by atoms with E-state index in [1.807, 2.05) is 43.3 Å². The fourth-order valence-corrected chi connectivity index (χ4v) is 1.51. The molecule has 4 nitrogen and oxygen atoms in total. The second-order valence-electron chi connectivity index (χ2n) is 3.90. The van der Waals surface area contributed by atoms with Crippen molar-refractivity contribution in [3.05, 3.63) is 59.5 Å². The summed E-state index contributed by atoms with van der Waals surface area (Å²) in [6.07, 6.45) is 1.80. The molecule has 0 bridgehead atoms. The normalized spacial score (nSPS) is 10.7. The molecule has 0 fully saturated rings. The summed E-state index contributed by atoms with van der Waals surface area (Å²) in [6.45, 7) is 1.85. The number of nitrogens with one attached hydrogen (secondary N) is 1. The van der Waals surface area contributed by atoms with Crippen LogP contribution in [0, 0.1) is 6.92 Å². The molecule has 0 unspecified atom stereocenters. The number of hydrazone groups is 1. The third-order valence-corrected chi connectivity index (χ3v) is 2.35. The van der Waals surface area contributed by atoms with Gasteiger partial charge in [-0.15, -0.1) is 0 Å². The number of benzene rings is 1. The van der Waals surface area contributed by atoms with Crippen molar-refractivity contribution in [2.75, 3.05) is 0 Å². The Morgan fingerprint density at radius 2 is 2.06 bits per heavy atom. The maximum Gasteiger partial charge on any atom is 0.244 e. The quantitative estimate of drug-likeness (QED) is 0.660. The number of amides is 1. The highest BCUT2D eigenvalue weighted by atomic mass is 16.3. The summed E-state index contributed by atoms with van der Waals surface area (Å²) in [4.78, 5) is 11.6. The van der Waals surface area contributed by atoms with Crippen molar-refractivity contribution < 1.29 is 9.21 Å². The lowest BCUT2D eigenvalue weighted by atomic mass is 10.1. The highest BCUT2D eigenvalue weighted by Gasteiger charge is 2.01. The topological polar surface area (TPSA) is 54.6 Å². The van der Waals surface area contributed by atoms with Gasteiger partial charge in [0.15, 0.2) is 0 Å². The Hall–Kier alpha value is -2.36. The molecule has 0 aliphatic heterocycles. The zero-order valence-corrected chi connectivity index (χ0v) is 10.1. The number of carbonyl (C=O) groups excluding carboxylic acids is 1. The fraction of sp³-hybridized carbons (Fsp3) is 0.143. The van der Waals surface area contributed by atoms with Crippen LogP contribution in [0.5, 0.6) is 0 Å². The molecule has 1 heterocycles. The number of furan rings is 1. The maximum absolute atomic E-state index is 11.6. The van der Waals surface area contributed by atoms with Crippen molar-refractivity contribution in [1.82, 2.24) is 5.43 Å². The van der Waals surface area contributed by atoms with Crippen LogP contribution < -0.4 is 5.43 Å². The zero-order valence-electron chi connectivity index (χ0n) is 10.1. The monoisotopic (exact) mass is 242 g/mol. The molecule has 4 heteroatoms. The van der Waals surface area contributed by atoms with Gasteiger partial charge in [0.05, 0.1) is 12.6 Å². The van der Waals surface area contributed by atoms with Crippen LogP contribution in [-0.2, 0) is 11.2 Å². The minimum atomic E-state index is -0.152. The van der Waals surface area contributed by atoms with Gasteiger partial charge in [0.2, 0.25) is 5.91 Å². The summed E-state index contributed by atoms with van der Waals surface area (Å²) in [5.41, 5.74) is 3.42. The second kappa shape index (κ2) is 5.82. The van der Waals surface area contributed by atoms with Gasteiger partial charge in [-0.2, -0.15) is 5.10 Å². The molecule has 0 atom stereocenters. The molecule has 2 aromatic rings. The van der Waals surface area contributed by atoms with Crippen LogP contribution in [0.25, 0.3) is 0 Å². The number of rotatable bonds is 4. The number of hydrogen-bond donors (Lipinski definition) is 1. The van der Waals surface area contributed by atoms with Crippen molar-refractivity contribution in [2.45, 2.75) is 13.3 Å². The first-order chi connectivity index (χ1) is 8.74. The average Bonchev–Trinajstić information content (AvgIpc) is 2.76. The minimum absolute atomic E-state index is 0.152. The Labute approximate surface area is 105 Å². The molecular formula is C14H14N2O2. The van der Waals surface area contributed by atoms with Crippen LogP contribution in [-0.4, -0.2) is 12.1 Å². The Balaban J connectivity index is 1.83. The van der Waals surface area contributed by atoms with Crippen LogP contribution in [0.2, 0.25) is 0 Å². The standard InChI is InChI=1S/C14H14N2O2/c1-11-7-8-13(18-11)10-15-16-14(17)9-12-5-3-2-4-6-12/h2-8,10H,9H2,1H3,(H,16,17)/b15-10-. The predicted molar refractivity (Wildman–Crippen MR) is 69.3 cm³/mol. The number of carbonyl (C=O) groups is 1. The minimum Gasteiger partial charge on any atom is -0.460 e. The van der Waals surface area contributed by atoms with Crippen molar-refractivity contribution in [1.29, 1.82) is 0 Å². The van der Waals surface area contributed by atoms with E-state index in [2.05, 4.69) is 10.5 Å². The lowest BCUT2D eigenvalue weighted by molar-refractivity contribution is -0.120. The van der Waals surface area contributed by atoms with Gasteiger partial charge in [0, 0.05) is 0 Å². The van der Waals surface area contributed by atoms with Gasteiger partial charge >= 0.3 is 0 Å². The van der Waals surface area contributed by atoms with Gasteiger partial charge in [-0.05, 0) is 24.6 Å². The van der Waals surface area contributed by atoms with Gasteiger partial charge < -0.3 is 4.42 Å². The van der Waals surface area contributed by atoms with Gasteiger partial charge in [0.1, 0.15) is 11.5 Å². The van der Waals surface area contributed by atoms with Crippen LogP contribution in [0.4, 0.5) is 0 Å². The summed E-state index contributed by atoms with van der Waals surface area (Å²) in [6, 6.07) is 13.2. The number of hydrogen-bond acceptors (Lipinski definition) is 3. The fourth-order valence-electron chi connectivity index (χ4n) is 1.51. The van der Waals surface area contributed by atoms with E-state index in [9.17, 15) is 4.79 Å². The van der Waals surface area contributed by atoms with Crippen molar-refractivity contribution in [2.24, 2.45) is 5.10 Å². The molecule has 0 saturated carbocycles. The van der Waals surface area contributed by atoms with E-state index in [0.717, 1.165) is 11.3 Å². The molecule has 0 saturated heterocycles. The average molecular weight is 242 g/mol. The first-order valence-electron chi connectivity index (χ1n) is 5.66. The van der Waals surface area contributed by atoms with E-state index in [4.69, 9.17) is 4.42 Å². The third kappa shape index (κ3) is 3.59. The summed E-state index contributed by atoms with van der Waals surface area (Å²) < 4.78 is 5.28. The summed E-state index contributed by atoms with van der Waals surface area (Å²) in [7, 11) is 0. The molecule has 18 heavy (non-hydrogen) atoms. The lowest BCUT2D eigenvalue weighted by Gasteiger charge is -1.99. The van der Waals surface area contributed by atoms with Crippen molar-refractivity contribution >= 4 is 12.1 Å². The van der Waals surface area contributed by atoms with Crippen LogP contribution >= 0.6 is 0 Å². The van der Waals surface area contributed by atoms with Gasteiger partial charge in [0.25, 0.3) is 0 Å². The van der Waals surface area contributed by atoms with E-state index in [1.54, 1.807) is 6.07 Å². The predicted octanol–water partition coefficient (Wildman–Crippen LogP) is 2.28. The van der Waals surface area contributed by atoms with Gasteiger partial charge in [-0.3, -0.25) is 4.79 Å². The molecular weight excluding hydrogens is 228 g/mol. The van der Waals surface area contributed by atoms with Gasteiger partial charge in [-0.25, -0.2) is 5.43 Å². The first kappa shape index (κ1) is 12.1. The second-order valence-corrected chi connectivity index (χ2v) is 3.90. The van der Waals surface area contributed by atoms with Crippen LogP contribution in [0.1, 0.15) is 17.1 Å². The SMILES string of the molecule is Cc1ccc(/C=N\NC(=O)Cc2ccccc2)o1. The maximum atomic E-state index is 11.6. The van der Waals surface area contributed by atoms with Crippen molar-refractivity contribution in [3.8, 4) is 0 Å². The smallest absolute Gasteiger partial charge is 0.244 e. The van der Waals surface area contributed by atoms with Gasteiger partial charge in [-0.1, -0.05) is 30.3 Å². The summed E-state index contributed by atoms with van der Waals surface area (Å²) >= 11 is 0. The Morgan fingerprint density at radius 3 is 2.72 bits per heavy atom. The highest BCUT2D eigenvalue weighted by Crippen LogP contribution is 2.03. The Bertz CT molecular complexity index is 544. The van der Waals surface area contributed by atoms with Crippen LogP contribution in [0.3, 0.4) is 0 Å². The molecule has 0 aliphatic carbocycles. The van der Waals surface area contributed by atoms with E-state index in [0.29, 0.717) is 12.2 Å². The Kier molecular flexibility index (Phi) is 3.91. The summed E-state index contributed by atoms with van der Waals surface area (Å²) in [5.74, 6) is 1.28. The zero-order chi connectivity index (χ0) is 12.8. The molecule has 2 rings (SSSR count). The Morgan fingerprint density at radius 1 is 1.28 bits per heavy atom. The highest BCUT2D eigenvalue weighted by molar-refractivity contribution is 5.81. The number of nitrogens with zero attached hydrogens (tertiary/aromatic N) is 1.